The van der Waals surface area contributed by atoms with Crippen molar-refractivity contribution in [2.75, 3.05) is 19.0 Å². The standard InChI is InChI=1S/C20H19N3O3/c1-13-3-7-15(8-4-13)18-19(26-12-17(24)23(18)2)20(25)22-16-9-5-14(11-21)6-10-16/h3-10,18-19H,12H2,1-2H3,(H,22,25)/t18-,19-/m1/s1. The molecule has 1 fully saturated rings. The molecule has 0 bridgehead atoms. The summed E-state index contributed by atoms with van der Waals surface area (Å²) >= 11 is 0. The largest absolute Gasteiger partial charge is 0.356 e. The van der Waals surface area contributed by atoms with Crippen LogP contribution in [-0.2, 0) is 14.3 Å². The van der Waals surface area contributed by atoms with Crippen LogP contribution in [0.4, 0.5) is 5.69 Å². The van der Waals surface area contributed by atoms with E-state index in [-0.39, 0.29) is 18.4 Å². The minimum Gasteiger partial charge on any atom is -0.356 e. The van der Waals surface area contributed by atoms with Gasteiger partial charge in [-0.05, 0) is 36.8 Å². The van der Waals surface area contributed by atoms with Crippen LogP contribution in [0.1, 0.15) is 22.7 Å². The number of morpholine rings is 1. The molecular weight excluding hydrogens is 330 g/mol. The molecule has 2 aromatic carbocycles. The first-order chi connectivity index (χ1) is 12.5. The van der Waals surface area contributed by atoms with Crippen LogP contribution in [0.5, 0.6) is 0 Å². The highest BCUT2D eigenvalue weighted by Gasteiger charge is 2.40. The fraction of sp³-hybridized carbons (Fsp3) is 0.250. The van der Waals surface area contributed by atoms with Crippen molar-refractivity contribution >= 4 is 17.5 Å². The zero-order chi connectivity index (χ0) is 18.7. The first-order valence-corrected chi connectivity index (χ1v) is 8.24. The Morgan fingerprint density at radius 1 is 1.19 bits per heavy atom. The predicted molar refractivity (Wildman–Crippen MR) is 96.2 cm³/mol. The number of benzene rings is 2. The van der Waals surface area contributed by atoms with E-state index in [1.807, 2.05) is 37.3 Å². The molecule has 0 aliphatic carbocycles. The van der Waals surface area contributed by atoms with E-state index in [0.717, 1.165) is 11.1 Å². The van der Waals surface area contributed by atoms with Crippen molar-refractivity contribution in [3.63, 3.8) is 0 Å². The van der Waals surface area contributed by atoms with Crippen molar-refractivity contribution in [3.8, 4) is 6.07 Å². The molecule has 132 valence electrons. The molecule has 26 heavy (non-hydrogen) atoms. The van der Waals surface area contributed by atoms with Gasteiger partial charge in [-0.2, -0.15) is 5.26 Å². The Bertz CT molecular complexity index is 853. The Balaban J connectivity index is 1.84. The van der Waals surface area contributed by atoms with Gasteiger partial charge in [0.2, 0.25) is 5.91 Å². The number of nitrogens with one attached hydrogen (secondary N) is 1. The molecule has 3 rings (SSSR count). The quantitative estimate of drug-likeness (QED) is 0.922. The number of hydrogen-bond acceptors (Lipinski definition) is 4. The molecule has 0 radical (unpaired) electrons. The Kier molecular flexibility index (Phi) is 5.01. The molecule has 1 aliphatic heterocycles. The number of nitriles is 1. The SMILES string of the molecule is Cc1ccc([C@@H]2[C@H](C(=O)Nc3ccc(C#N)cc3)OCC(=O)N2C)cc1. The van der Waals surface area contributed by atoms with Crippen LogP contribution in [-0.4, -0.2) is 36.5 Å². The van der Waals surface area contributed by atoms with Crippen molar-refractivity contribution in [1.82, 2.24) is 4.90 Å². The summed E-state index contributed by atoms with van der Waals surface area (Å²) in [5, 5.41) is 11.7. The van der Waals surface area contributed by atoms with Crippen LogP contribution in [0.2, 0.25) is 0 Å². The maximum absolute atomic E-state index is 12.8. The summed E-state index contributed by atoms with van der Waals surface area (Å²) in [4.78, 5) is 26.4. The summed E-state index contributed by atoms with van der Waals surface area (Å²) in [7, 11) is 1.68. The monoisotopic (exact) mass is 349 g/mol. The zero-order valence-electron chi connectivity index (χ0n) is 14.6. The normalized spacial score (nSPS) is 19.7. The Labute approximate surface area is 152 Å². The summed E-state index contributed by atoms with van der Waals surface area (Å²) in [5.41, 5.74) is 3.02. The summed E-state index contributed by atoms with van der Waals surface area (Å²) in [6.45, 7) is 1.84. The van der Waals surface area contributed by atoms with Gasteiger partial charge < -0.3 is 15.0 Å². The van der Waals surface area contributed by atoms with Gasteiger partial charge in [-0.15, -0.1) is 0 Å². The van der Waals surface area contributed by atoms with Crippen molar-refractivity contribution < 1.29 is 14.3 Å². The Morgan fingerprint density at radius 2 is 1.85 bits per heavy atom. The molecule has 1 aliphatic rings. The fourth-order valence-corrected chi connectivity index (χ4v) is 2.93. The summed E-state index contributed by atoms with van der Waals surface area (Å²) < 4.78 is 5.58. The number of hydrogen-bond donors (Lipinski definition) is 1. The Morgan fingerprint density at radius 3 is 2.46 bits per heavy atom. The molecule has 2 amide bonds. The number of carbonyl (C=O) groups is 2. The van der Waals surface area contributed by atoms with Crippen LogP contribution < -0.4 is 5.32 Å². The third-order valence-corrected chi connectivity index (χ3v) is 4.44. The first kappa shape index (κ1) is 17.6. The molecule has 0 spiro atoms. The lowest BCUT2D eigenvalue weighted by molar-refractivity contribution is -0.160. The van der Waals surface area contributed by atoms with Crippen molar-refractivity contribution in [2.45, 2.75) is 19.1 Å². The first-order valence-electron chi connectivity index (χ1n) is 8.24. The molecule has 1 saturated heterocycles. The molecular formula is C20H19N3O3. The second-order valence-electron chi connectivity index (χ2n) is 6.27. The molecule has 2 aromatic rings. The van der Waals surface area contributed by atoms with E-state index in [4.69, 9.17) is 10.00 Å². The lowest BCUT2D eigenvalue weighted by Crippen LogP contribution is -2.51. The maximum atomic E-state index is 12.8. The number of likely N-dealkylation sites (N-methyl/N-ethyl adjacent to an activating group) is 1. The molecule has 1 N–H and O–H groups in total. The third kappa shape index (κ3) is 3.58. The second-order valence-corrected chi connectivity index (χ2v) is 6.27. The number of rotatable bonds is 3. The zero-order valence-corrected chi connectivity index (χ0v) is 14.6. The van der Waals surface area contributed by atoms with Crippen LogP contribution in [0.3, 0.4) is 0 Å². The van der Waals surface area contributed by atoms with E-state index in [0.29, 0.717) is 11.3 Å². The smallest absolute Gasteiger partial charge is 0.256 e. The number of amides is 2. The highest BCUT2D eigenvalue weighted by Crippen LogP contribution is 2.30. The van der Waals surface area contributed by atoms with Gasteiger partial charge in [-0.25, -0.2) is 0 Å². The van der Waals surface area contributed by atoms with Crippen molar-refractivity contribution in [1.29, 1.82) is 5.26 Å². The van der Waals surface area contributed by atoms with Crippen LogP contribution >= 0.6 is 0 Å². The molecule has 0 aromatic heterocycles. The molecule has 0 saturated carbocycles. The van der Waals surface area contributed by atoms with Crippen LogP contribution in [0.15, 0.2) is 48.5 Å². The van der Waals surface area contributed by atoms with Crippen molar-refractivity contribution in [2.24, 2.45) is 0 Å². The minimum atomic E-state index is -0.823. The number of nitrogens with zero attached hydrogens (tertiary/aromatic N) is 2. The van der Waals surface area contributed by atoms with Gasteiger partial charge in [-0.1, -0.05) is 29.8 Å². The van der Waals surface area contributed by atoms with Crippen molar-refractivity contribution in [3.05, 3.63) is 65.2 Å². The lowest BCUT2D eigenvalue weighted by Gasteiger charge is -2.38. The third-order valence-electron chi connectivity index (χ3n) is 4.44. The fourth-order valence-electron chi connectivity index (χ4n) is 2.93. The molecule has 6 heteroatoms. The van der Waals surface area contributed by atoms with E-state index in [1.165, 1.54) is 0 Å². The average Bonchev–Trinajstić information content (AvgIpc) is 2.65. The number of carbonyl (C=O) groups excluding carboxylic acids is 2. The van der Waals surface area contributed by atoms with E-state index < -0.39 is 12.1 Å². The van der Waals surface area contributed by atoms with E-state index in [9.17, 15) is 9.59 Å². The van der Waals surface area contributed by atoms with E-state index in [1.54, 1.807) is 36.2 Å². The van der Waals surface area contributed by atoms with Gasteiger partial charge in [0.25, 0.3) is 5.91 Å². The summed E-state index contributed by atoms with van der Waals surface area (Å²) in [6.07, 6.45) is -0.823. The minimum absolute atomic E-state index is 0.135. The number of anilines is 1. The predicted octanol–water partition coefficient (Wildman–Crippen LogP) is 2.40. The summed E-state index contributed by atoms with van der Waals surface area (Å²) in [5.74, 6) is -0.502. The maximum Gasteiger partial charge on any atom is 0.256 e. The average molecular weight is 349 g/mol. The molecule has 0 unspecified atom stereocenters. The van der Waals surface area contributed by atoms with Gasteiger partial charge in [0.1, 0.15) is 6.61 Å². The van der Waals surface area contributed by atoms with Gasteiger partial charge in [0, 0.05) is 12.7 Å². The van der Waals surface area contributed by atoms with Gasteiger partial charge in [0.15, 0.2) is 6.10 Å². The van der Waals surface area contributed by atoms with Gasteiger partial charge in [0.05, 0.1) is 17.7 Å². The number of aryl methyl sites for hydroxylation is 1. The van der Waals surface area contributed by atoms with E-state index >= 15 is 0 Å². The molecule has 2 atom stereocenters. The van der Waals surface area contributed by atoms with E-state index in [2.05, 4.69) is 5.32 Å². The van der Waals surface area contributed by atoms with Gasteiger partial charge in [-0.3, -0.25) is 9.59 Å². The van der Waals surface area contributed by atoms with Crippen LogP contribution in [0, 0.1) is 18.3 Å². The number of ether oxygens (including phenoxy) is 1. The molecule has 1 heterocycles. The highest BCUT2D eigenvalue weighted by molar-refractivity contribution is 5.96. The topological polar surface area (TPSA) is 82.4 Å². The second kappa shape index (κ2) is 7.38. The summed E-state index contributed by atoms with van der Waals surface area (Å²) in [6, 6.07) is 15.8. The highest BCUT2D eigenvalue weighted by atomic mass is 16.5. The Hall–Kier alpha value is -3.17. The lowest BCUT2D eigenvalue weighted by atomic mass is 9.96. The van der Waals surface area contributed by atoms with Gasteiger partial charge >= 0.3 is 0 Å². The molecule has 6 nitrogen and oxygen atoms in total. The van der Waals surface area contributed by atoms with Crippen LogP contribution in [0.25, 0.3) is 0 Å².